The first-order valence-corrected chi connectivity index (χ1v) is 8.83. The zero-order valence-corrected chi connectivity index (χ0v) is 13.3. The van der Waals surface area contributed by atoms with E-state index < -0.39 is 0 Å². The van der Waals surface area contributed by atoms with Crippen LogP contribution in [-0.4, -0.2) is 29.6 Å². The zero-order valence-electron chi connectivity index (χ0n) is 12.5. The maximum absolute atomic E-state index is 12.1. The number of aromatic nitrogens is 1. The van der Waals surface area contributed by atoms with Crippen molar-refractivity contribution in [1.29, 1.82) is 0 Å². The molecule has 2 saturated carbocycles. The number of carbonyl (C=O) groups is 1. The standard InChI is InChI=1S/C16H22N2O2S/c1-11-9-21-14(18-11)4-3-13(19)17-10-15-7-12(15)8-20-16(15)5-2-6-16/h9,12H,2-8,10H2,1H3,(H,17,19)/t12-,15+/m0/s1. The summed E-state index contributed by atoms with van der Waals surface area (Å²) in [4.78, 5) is 16.5. The molecule has 3 aliphatic rings. The second-order valence-corrected chi connectivity index (χ2v) is 7.82. The number of nitrogens with zero attached hydrogens (tertiary/aromatic N) is 1. The quantitative estimate of drug-likeness (QED) is 0.909. The van der Waals surface area contributed by atoms with Crippen molar-refractivity contribution in [2.45, 2.75) is 51.0 Å². The first kappa shape index (κ1) is 13.7. The topological polar surface area (TPSA) is 51.2 Å². The third-order valence-electron chi connectivity index (χ3n) is 5.69. The van der Waals surface area contributed by atoms with Gasteiger partial charge in [-0.3, -0.25) is 4.79 Å². The molecule has 0 unspecified atom stereocenters. The van der Waals surface area contributed by atoms with E-state index in [4.69, 9.17) is 4.74 Å². The molecule has 1 amide bonds. The number of fused-ring (bicyclic) bond motifs is 2. The van der Waals surface area contributed by atoms with Crippen LogP contribution in [0.2, 0.25) is 0 Å². The van der Waals surface area contributed by atoms with Gasteiger partial charge in [-0.15, -0.1) is 11.3 Å². The fraction of sp³-hybridized carbons (Fsp3) is 0.750. The number of ether oxygens (including phenoxy) is 1. The summed E-state index contributed by atoms with van der Waals surface area (Å²) in [5, 5.41) is 6.26. The summed E-state index contributed by atoms with van der Waals surface area (Å²) in [6, 6.07) is 0. The van der Waals surface area contributed by atoms with E-state index in [2.05, 4.69) is 10.3 Å². The highest BCUT2D eigenvalue weighted by molar-refractivity contribution is 7.09. The number of aryl methyl sites for hydroxylation is 2. The van der Waals surface area contributed by atoms with Crippen LogP contribution in [0, 0.1) is 18.3 Å². The van der Waals surface area contributed by atoms with Gasteiger partial charge in [-0.2, -0.15) is 0 Å². The van der Waals surface area contributed by atoms with E-state index in [9.17, 15) is 4.79 Å². The summed E-state index contributed by atoms with van der Waals surface area (Å²) in [6.07, 6.45) is 6.21. The van der Waals surface area contributed by atoms with E-state index in [1.54, 1.807) is 11.3 Å². The molecule has 1 spiro atoms. The fourth-order valence-electron chi connectivity index (χ4n) is 4.16. The first-order chi connectivity index (χ1) is 10.1. The van der Waals surface area contributed by atoms with Gasteiger partial charge in [0.1, 0.15) is 0 Å². The van der Waals surface area contributed by atoms with Gasteiger partial charge in [0, 0.05) is 35.9 Å². The molecular weight excluding hydrogens is 284 g/mol. The van der Waals surface area contributed by atoms with E-state index in [1.807, 2.05) is 12.3 Å². The van der Waals surface area contributed by atoms with Gasteiger partial charge in [0.15, 0.2) is 0 Å². The lowest BCUT2D eigenvalue weighted by atomic mass is 9.68. The first-order valence-electron chi connectivity index (χ1n) is 7.95. The average Bonchev–Trinajstić information content (AvgIpc) is 2.82. The SMILES string of the molecule is Cc1csc(CCC(=O)NC[C@]23C[C@H]2COC32CCC2)n1. The van der Waals surface area contributed by atoms with Crippen molar-refractivity contribution in [3.8, 4) is 0 Å². The summed E-state index contributed by atoms with van der Waals surface area (Å²) in [5.74, 6) is 0.851. The molecule has 114 valence electrons. The largest absolute Gasteiger partial charge is 0.374 e. The van der Waals surface area contributed by atoms with Gasteiger partial charge in [-0.1, -0.05) is 0 Å². The Balaban J connectivity index is 1.28. The summed E-state index contributed by atoms with van der Waals surface area (Å²) in [5.41, 5.74) is 1.45. The van der Waals surface area contributed by atoms with Crippen LogP contribution in [0.3, 0.4) is 0 Å². The van der Waals surface area contributed by atoms with Crippen molar-refractivity contribution < 1.29 is 9.53 Å². The van der Waals surface area contributed by atoms with Crippen LogP contribution in [-0.2, 0) is 16.0 Å². The Labute approximate surface area is 129 Å². The van der Waals surface area contributed by atoms with Gasteiger partial charge >= 0.3 is 0 Å². The second kappa shape index (κ2) is 4.78. The Bertz CT molecular complexity index is 566. The van der Waals surface area contributed by atoms with Crippen molar-refractivity contribution in [3.05, 3.63) is 16.1 Å². The molecule has 1 aliphatic heterocycles. The molecule has 3 fully saturated rings. The Morgan fingerprint density at radius 2 is 2.43 bits per heavy atom. The molecule has 2 aliphatic carbocycles. The van der Waals surface area contributed by atoms with Crippen molar-refractivity contribution in [1.82, 2.24) is 10.3 Å². The normalized spacial score (nSPS) is 31.8. The molecule has 2 heterocycles. The minimum Gasteiger partial charge on any atom is -0.374 e. The highest BCUT2D eigenvalue weighted by Gasteiger charge is 2.73. The zero-order chi connectivity index (χ0) is 14.5. The van der Waals surface area contributed by atoms with E-state index in [-0.39, 0.29) is 16.9 Å². The molecule has 0 aromatic carbocycles. The lowest BCUT2D eigenvalue weighted by Gasteiger charge is -2.45. The third-order valence-corrected chi connectivity index (χ3v) is 6.72. The fourth-order valence-corrected chi connectivity index (χ4v) is 4.94. The van der Waals surface area contributed by atoms with Gasteiger partial charge in [0.05, 0.1) is 17.2 Å². The maximum atomic E-state index is 12.1. The lowest BCUT2D eigenvalue weighted by molar-refractivity contribution is -0.125. The Morgan fingerprint density at radius 3 is 3.05 bits per heavy atom. The third kappa shape index (κ3) is 2.13. The van der Waals surface area contributed by atoms with Gasteiger partial charge in [0.25, 0.3) is 0 Å². The van der Waals surface area contributed by atoms with E-state index in [0.29, 0.717) is 12.3 Å². The van der Waals surface area contributed by atoms with Crippen LogP contribution >= 0.6 is 11.3 Å². The minimum atomic E-state index is 0.122. The Morgan fingerprint density at radius 1 is 1.57 bits per heavy atom. The van der Waals surface area contributed by atoms with Crippen LogP contribution in [0.25, 0.3) is 0 Å². The smallest absolute Gasteiger partial charge is 0.220 e. The average molecular weight is 306 g/mol. The van der Waals surface area contributed by atoms with Crippen LogP contribution in [0.15, 0.2) is 5.38 Å². The highest BCUT2D eigenvalue weighted by Crippen LogP contribution is 2.70. The van der Waals surface area contributed by atoms with Gasteiger partial charge in [0.2, 0.25) is 5.91 Å². The highest BCUT2D eigenvalue weighted by atomic mass is 32.1. The lowest BCUT2D eigenvalue weighted by Crippen LogP contribution is -2.50. The molecule has 0 bridgehead atoms. The van der Waals surface area contributed by atoms with Crippen molar-refractivity contribution >= 4 is 17.2 Å². The summed E-state index contributed by atoms with van der Waals surface area (Å²) >= 11 is 1.64. The number of hydrogen-bond acceptors (Lipinski definition) is 4. The predicted molar refractivity (Wildman–Crippen MR) is 81.3 cm³/mol. The number of carbonyl (C=O) groups excluding carboxylic acids is 1. The van der Waals surface area contributed by atoms with Crippen LogP contribution in [0.5, 0.6) is 0 Å². The van der Waals surface area contributed by atoms with Gasteiger partial charge in [-0.25, -0.2) is 4.98 Å². The Hall–Kier alpha value is -0.940. The molecule has 5 heteroatoms. The van der Waals surface area contributed by atoms with Gasteiger partial charge in [-0.05, 0) is 38.5 Å². The monoisotopic (exact) mass is 306 g/mol. The number of hydrogen-bond donors (Lipinski definition) is 1. The Kier molecular flexibility index (Phi) is 3.12. The second-order valence-electron chi connectivity index (χ2n) is 6.88. The molecule has 4 nitrogen and oxygen atoms in total. The minimum absolute atomic E-state index is 0.122. The number of rotatable bonds is 5. The molecule has 1 aromatic heterocycles. The molecule has 1 aromatic rings. The molecule has 4 rings (SSSR count). The van der Waals surface area contributed by atoms with Crippen LogP contribution in [0.1, 0.15) is 42.8 Å². The maximum Gasteiger partial charge on any atom is 0.220 e. The van der Waals surface area contributed by atoms with Crippen LogP contribution < -0.4 is 5.32 Å². The summed E-state index contributed by atoms with van der Waals surface area (Å²) in [7, 11) is 0. The molecule has 2 atom stereocenters. The number of nitrogens with one attached hydrogen (secondary N) is 1. The van der Waals surface area contributed by atoms with E-state index in [0.717, 1.165) is 30.3 Å². The summed E-state index contributed by atoms with van der Waals surface area (Å²) in [6.45, 7) is 3.71. The number of amides is 1. The van der Waals surface area contributed by atoms with Crippen molar-refractivity contribution in [3.63, 3.8) is 0 Å². The van der Waals surface area contributed by atoms with E-state index in [1.165, 1.54) is 25.7 Å². The molecular formula is C16H22N2O2S. The molecule has 1 N–H and O–H groups in total. The van der Waals surface area contributed by atoms with Crippen molar-refractivity contribution in [2.24, 2.45) is 11.3 Å². The van der Waals surface area contributed by atoms with Crippen LogP contribution in [0.4, 0.5) is 0 Å². The summed E-state index contributed by atoms with van der Waals surface area (Å²) < 4.78 is 6.05. The van der Waals surface area contributed by atoms with E-state index >= 15 is 0 Å². The van der Waals surface area contributed by atoms with Crippen molar-refractivity contribution in [2.75, 3.05) is 13.2 Å². The predicted octanol–water partition coefficient (Wildman–Crippen LogP) is 2.46. The van der Waals surface area contributed by atoms with Gasteiger partial charge < -0.3 is 10.1 Å². The molecule has 21 heavy (non-hydrogen) atoms. The number of thiazole rings is 1. The molecule has 1 saturated heterocycles. The molecule has 0 radical (unpaired) electrons.